The van der Waals surface area contributed by atoms with Crippen molar-refractivity contribution < 1.29 is 0 Å². The van der Waals surface area contributed by atoms with Crippen molar-refractivity contribution in [2.45, 2.75) is 26.7 Å². The van der Waals surface area contributed by atoms with Crippen LogP contribution >= 0.6 is 12.6 Å². The molecular weight excluding hydrogens is 368 g/mol. The summed E-state index contributed by atoms with van der Waals surface area (Å²) in [6, 6.07) is 10.9. The minimum atomic E-state index is 0.848. The lowest BCUT2D eigenvalue weighted by molar-refractivity contribution is 1.14. The highest BCUT2D eigenvalue weighted by atomic mass is 32.1. The highest BCUT2D eigenvalue weighted by Gasteiger charge is 2.14. The Hall–Kier alpha value is -2.77. The first-order chi connectivity index (χ1) is 14.2. The van der Waals surface area contributed by atoms with Crippen molar-refractivity contribution in [2.24, 2.45) is 0 Å². The zero-order valence-electron chi connectivity index (χ0n) is 17.4. The maximum atomic E-state index is 4.15. The van der Waals surface area contributed by atoms with Gasteiger partial charge in [-0.05, 0) is 65.1 Å². The molecule has 0 aliphatic carbocycles. The Balaban J connectivity index is 2.83. The van der Waals surface area contributed by atoms with Gasteiger partial charge in [-0.2, -0.15) is 12.6 Å². The molecule has 0 aliphatic rings. The number of hydrogen-bond donors (Lipinski definition) is 1. The number of fused-ring (bicyclic) bond motifs is 1. The topological polar surface area (TPSA) is 0 Å². The maximum Gasteiger partial charge on any atom is -0.00674 e. The average Bonchev–Trinajstić information content (AvgIpc) is 2.74. The summed E-state index contributed by atoms with van der Waals surface area (Å²) in [6.07, 6.45) is 20.3. The van der Waals surface area contributed by atoms with Gasteiger partial charge in [0.25, 0.3) is 0 Å². The van der Waals surface area contributed by atoms with Crippen molar-refractivity contribution in [3.63, 3.8) is 0 Å². The second-order valence-corrected chi connectivity index (χ2v) is 7.10. The van der Waals surface area contributed by atoms with Crippen LogP contribution in [0.5, 0.6) is 0 Å². The number of allylic oxidation sites excluding steroid dienone is 11. The molecule has 0 spiro atoms. The number of rotatable bonds is 9. The van der Waals surface area contributed by atoms with Gasteiger partial charge < -0.3 is 0 Å². The summed E-state index contributed by atoms with van der Waals surface area (Å²) < 4.78 is 0. The summed E-state index contributed by atoms with van der Waals surface area (Å²) in [5.74, 6) is 0. The molecule has 0 unspecified atom stereocenters. The Labute approximate surface area is 181 Å². The quantitative estimate of drug-likeness (QED) is 0.319. The standard InChI is InChI=1S/C28H30S/c1-5-13-23(14-6-2)28-26-17-11-10-15-24(26)21-25(19-18-22(4)7-3)27(28)16-9-8-12-20-29/h5-15,17-18,20-21,29H,1,3,16,19H2,2,4H3/b9-8-,14-6-,20-12-,22-18-,23-13+. The first-order valence-corrected chi connectivity index (χ1v) is 10.4. The van der Waals surface area contributed by atoms with Gasteiger partial charge >= 0.3 is 0 Å². The highest BCUT2D eigenvalue weighted by Crippen LogP contribution is 2.34. The summed E-state index contributed by atoms with van der Waals surface area (Å²) in [5.41, 5.74) is 6.32. The van der Waals surface area contributed by atoms with Crippen LogP contribution in [0.15, 0.2) is 109 Å². The molecule has 0 amide bonds. The fourth-order valence-corrected chi connectivity index (χ4v) is 3.49. The molecule has 0 atom stereocenters. The van der Waals surface area contributed by atoms with Gasteiger partial charge in [-0.3, -0.25) is 0 Å². The van der Waals surface area contributed by atoms with E-state index in [1.165, 1.54) is 38.6 Å². The van der Waals surface area contributed by atoms with Gasteiger partial charge in [-0.25, -0.2) is 0 Å². The highest BCUT2D eigenvalue weighted by molar-refractivity contribution is 7.83. The molecule has 0 saturated carbocycles. The molecule has 0 saturated heterocycles. The van der Waals surface area contributed by atoms with E-state index in [1.54, 1.807) is 5.41 Å². The second kappa shape index (κ2) is 11.9. The minimum absolute atomic E-state index is 0.848. The van der Waals surface area contributed by atoms with E-state index in [4.69, 9.17) is 0 Å². The normalized spacial score (nSPS) is 13.2. The number of hydrogen-bond acceptors (Lipinski definition) is 1. The van der Waals surface area contributed by atoms with Crippen molar-refractivity contribution in [2.75, 3.05) is 0 Å². The van der Waals surface area contributed by atoms with Crippen LogP contribution in [0.1, 0.15) is 30.5 Å². The molecule has 1 heteroatoms. The lowest BCUT2D eigenvalue weighted by Crippen LogP contribution is -2.01. The largest absolute Gasteiger partial charge is 0.151 e. The van der Waals surface area contributed by atoms with Gasteiger partial charge in [0.15, 0.2) is 0 Å². The van der Waals surface area contributed by atoms with Crippen LogP contribution in [0.2, 0.25) is 0 Å². The van der Waals surface area contributed by atoms with Crippen LogP contribution in [-0.4, -0.2) is 0 Å². The summed E-state index contributed by atoms with van der Waals surface area (Å²) in [4.78, 5) is 0. The van der Waals surface area contributed by atoms with E-state index in [-0.39, 0.29) is 0 Å². The molecule has 0 radical (unpaired) electrons. The molecule has 2 aromatic rings. The van der Waals surface area contributed by atoms with Crippen LogP contribution in [0.25, 0.3) is 16.3 Å². The smallest absolute Gasteiger partial charge is 0.00674 e. The van der Waals surface area contributed by atoms with Crippen molar-refractivity contribution in [3.05, 3.63) is 126 Å². The summed E-state index contributed by atoms with van der Waals surface area (Å²) in [5, 5.41) is 4.27. The Morgan fingerprint density at radius 2 is 1.90 bits per heavy atom. The van der Waals surface area contributed by atoms with Crippen LogP contribution in [0, 0.1) is 0 Å². The first-order valence-electron chi connectivity index (χ1n) is 9.90. The van der Waals surface area contributed by atoms with Crippen LogP contribution in [0.4, 0.5) is 0 Å². The molecule has 0 aromatic heterocycles. The van der Waals surface area contributed by atoms with Gasteiger partial charge in [0, 0.05) is 0 Å². The maximum absolute atomic E-state index is 4.15. The lowest BCUT2D eigenvalue weighted by Gasteiger charge is -2.18. The van der Waals surface area contributed by atoms with E-state index in [2.05, 4.69) is 100 Å². The molecular formula is C28H30S. The van der Waals surface area contributed by atoms with E-state index in [1.807, 2.05) is 24.3 Å². The van der Waals surface area contributed by atoms with Gasteiger partial charge in [0.1, 0.15) is 0 Å². The molecule has 0 heterocycles. The molecule has 0 fully saturated rings. The van der Waals surface area contributed by atoms with E-state index < -0.39 is 0 Å². The van der Waals surface area contributed by atoms with E-state index in [0.717, 1.165) is 12.8 Å². The summed E-state index contributed by atoms with van der Waals surface area (Å²) >= 11 is 4.15. The first kappa shape index (κ1) is 22.5. The van der Waals surface area contributed by atoms with Gasteiger partial charge in [-0.15, -0.1) is 0 Å². The van der Waals surface area contributed by atoms with Crippen molar-refractivity contribution in [3.8, 4) is 0 Å². The Morgan fingerprint density at radius 3 is 2.59 bits per heavy atom. The molecule has 0 nitrogen and oxygen atoms in total. The van der Waals surface area contributed by atoms with Crippen LogP contribution < -0.4 is 0 Å². The summed E-state index contributed by atoms with van der Waals surface area (Å²) in [6.45, 7) is 12.0. The fourth-order valence-electron chi connectivity index (χ4n) is 3.39. The third kappa shape index (κ3) is 6.10. The molecule has 148 valence electrons. The Bertz CT molecular complexity index is 1010. The second-order valence-electron chi connectivity index (χ2n) is 6.80. The number of benzene rings is 2. The third-order valence-electron chi connectivity index (χ3n) is 4.80. The fraction of sp³-hybridized carbons (Fsp3) is 0.143. The monoisotopic (exact) mass is 398 g/mol. The minimum Gasteiger partial charge on any atom is -0.151 e. The molecule has 0 bridgehead atoms. The predicted octanol–water partition coefficient (Wildman–Crippen LogP) is 8.20. The SMILES string of the molecule is C=C/C=C(\C=C/C)c1c(C/C=C\C=C/S)c(C/C=C(/C)C=C)cc2ccccc12. The molecule has 0 aliphatic heterocycles. The lowest BCUT2D eigenvalue weighted by atomic mass is 9.86. The van der Waals surface area contributed by atoms with E-state index in [9.17, 15) is 0 Å². The summed E-state index contributed by atoms with van der Waals surface area (Å²) in [7, 11) is 0. The molecule has 2 aromatic carbocycles. The molecule has 2 rings (SSSR count). The molecule has 29 heavy (non-hydrogen) atoms. The Morgan fingerprint density at radius 1 is 1.10 bits per heavy atom. The van der Waals surface area contributed by atoms with Gasteiger partial charge in [-0.1, -0.05) is 104 Å². The van der Waals surface area contributed by atoms with Crippen molar-refractivity contribution in [1.29, 1.82) is 0 Å². The van der Waals surface area contributed by atoms with Crippen LogP contribution in [-0.2, 0) is 12.8 Å². The Kier molecular flexibility index (Phi) is 9.27. The molecule has 0 N–H and O–H groups in total. The van der Waals surface area contributed by atoms with Crippen LogP contribution in [0.3, 0.4) is 0 Å². The predicted molar refractivity (Wildman–Crippen MR) is 136 cm³/mol. The van der Waals surface area contributed by atoms with E-state index in [0.29, 0.717) is 0 Å². The van der Waals surface area contributed by atoms with E-state index >= 15 is 0 Å². The zero-order chi connectivity index (χ0) is 21.1. The number of thiol groups is 1. The third-order valence-corrected chi connectivity index (χ3v) is 4.97. The average molecular weight is 399 g/mol. The van der Waals surface area contributed by atoms with Gasteiger partial charge in [0.05, 0.1) is 0 Å². The zero-order valence-corrected chi connectivity index (χ0v) is 18.3. The van der Waals surface area contributed by atoms with Gasteiger partial charge in [0.2, 0.25) is 0 Å². The van der Waals surface area contributed by atoms with Crippen molar-refractivity contribution in [1.82, 2.24) is 0 Å². The van der Waals surface area contributed by atoms with Crippen molar-refractivity contribution >= 4 is 29.0 Å².